The van der Waals surface area contributed by atoms with Crippen LogP contribution >= 0.6 is 0 Å². The molecule has 0 spiro atoms. The van der Waals surface area contributed by atoms with Crippen molar-refractivity contribution in [3.05, 3.63) is 59.7 Å². The number of hydrogen-bond donors (Lipinski definition) is 1. The van der Waals surface area contributed by atoms with Crippen molar-refractivity contribution in [3.8, 4) is 5.75 Å². The number of rotatable bonds is 7. The third-order valence-corrected chi connectivity index (χ3v) is 7.55. The van der Waals surface area contributed by atoms with E-state index in [0.717, 1.165) is 5.56 Å². The molecule has 2 aromatic rings. The first-order valence-electron chi connectivity index (χ1n) is 10.2. The highest BCUT2D eigenvalue weighted by Crippen LogP contribution is 2.33. The van der Waals surface area contributed by atoms with Crippen LogP contribution < -0.4 is 10.1 Å². The number of methoxy groups -OCH3 is 1. The summed E-state index contributed by atoms with van der Waals surface area (Å²) in [5, 5.41) is 2.94. The molecule has 0 aliphatic carbocycles. The van der Waals surface area contributed by atoms with Crippen LogP contribution in [0.25, 0.3) is 0 Å². The van der Waals surface area contributed by atoms with Crippen LogP contribution in [0.5, 0.6) is 5.75 Å². The Balaban J connectivity index is 1.71. The molecule has 1 saturated heterocycles. The maximum absolute atomic E-state index is 13.1. The topological polar surface area (TPSA) is 92.8 Å². The maximum atomic E-state index is 13.1. The van der Waals surface area contributed by atoms with Gasteiger partial charge >= 0.3 is 0 Å². The number of amides is 1. The van der Waals surface area contributed by atoms with E-state index in [0.29, 0.717) is 37.2 Å². The van der Waals surface area contributed by atoms with Crippen molar-refractivity contribution in [2.45, 2.75) is 38.1 Å². The summed E-state index contributed by atoms with van der Waals surface area (Å²) in [7, 11) is -2.17. The zero-order valence-electron chi connectivity index (χ0n) is 18.1. The quantitative estimate of drug-likeness (QED) is 0.663. The molecule has 2 aromatic carbocycles. The van der Waals surface area contributed by atoms with Gasteiger partial charge in [-0.1, -0.05) is 24.3 Å². The van der Waals surface area contributed by atoms with Crippen molar-refractivity contribution >= 4 is 21.7 Å². The van der Waals surface area contributed by atoms with E-state index in [1.807, 2.05) is 24.3 Å². The number of carbonyl (C=O) groups is 2. The van der Waals surface area contributed by atoms with Crippen molar-refractivity contribution < 1.29 is 22.7 Å². The molecule has 8 heteroatoms. The molecule has 1 N–H and O–H groups in total. The summed E-state index contributed by atoms with van der Waals surface area (Å²) in [4.78, 5) is 24.6. The Bertz CT molecular complexity index is 1070. The fraction of sp³-hybridized carbons (Fsp3) is 0.391. The number of nitrogens with one attached hydrogen (secondary N) is 1. The lowest BCUT2D eigenvalue weighted by Gasteiger charge is -2.38. The summed E-state index contributed by atoms with van der Waals surface area (Å²) < 4.78 is 32.8. The van der Waals surface area contributed by atoms with E-state index in [-0.39, 0.29) is 23.1 Å². The maximum Gasteiger partial charge on any atom is 0.243 e. The zero-order valence-corrected chi connectivity index (χ0v) is 18.9. The number of ether oxygens (including phenoxy) is 1. The summed E-state index contributed by atoms with van der Waals surface area (Å²) in [5.74, 6) is 0.410. The van der Waals surface area contributed by atoms with Gasteiger partial charge in [0.25, 0.3) is 0 Å². The third kappa shape index (κ3) is 5.14. The molecule has 0 unspecified atom stereocenters. The SMILES string of the molecule is COc1cccc(CNC(=O)[C@@]2(C)CCCN(S(=O)(=O)c3ccc(C(C)=O)cc3)C2)c1. The van der Waals surface area contributed by atoms with Gasteiger partial charge in [0.2, 0.25) is 15.9 Å². The van der Waals surface area contributed by atoms with Crippen LogP contribution in [-0.2, 0) is 21.4 Å². The van der Waals surface area contributed by atoms with Gasteiger partial charge < -0.3 is 10.1 Å². The first kappa shape index (κ1) is 23.0. The third-order valence-electron chi connectivity index (χ3n) is 5.70. The molecular formula is C23H28N2O5S. The van der Waals surface area contributed by atoms with Gasteiger partial charge in [-0.2, -0.15) is 4.31 Å². The number of ketones is 1. The summed E-state index contributed by atoms with van der Waals surface area (Å²) in [6.45, 7) is 4.03. The van der Waals surface area contributed by atoms with Gasteiger partial charge in [0, 0.05) is 25.2 Å². The highest BCUT2D eigenvalue weighted by atomic mass is 32.2. The van der Waals surface area contributed by atoms with Crippen LogP contribution in [0.3, 0.4) is 0 Å². The van der Waals surface area contributed by atoms with E-state index in [2.05, 4.69) is 5.32 Å². The van der Waals surface area contributed by atoms with E-state index < -0.39 is 15.4 Å². The van der Waals surface area contributed by atoms with Crippen molar-refractivity contribution in [3.63, 3.8) is 0 Å². The van der Waals surface area contributed by atoms with E-state index in [1.165, 1.54) is 35.5 Å². The predicted octanol–water partition coefficient (Wildman–Crippen LogP) is 3.01. The minimum absolute atomic E-state index is 0.105. The second kappa shape index (κ2) is 9.20. The Morgan fingerprint density at radius 3 is 2.52 bits per heavy atom. The van der Waals surface area contributed by atoms with Crippen LogP contribution in [0.2, 0.25) is 0 Å². The average Bonchev–Trinajstić information content (AvgIpc) is 2.77. The van der Waals surface area contributed by atoms with E-state index in [4.69, 9.17) is 4.74 Å². The smallest absolute Gasteiger partial charge is 0.243 e. The molecule has 0 radical (unpaired) electrons. The molecule has 0 aromatic heterocycles. The Morgan fingerprint density at radius 1 is 1.16 bits per heavy atom. The summed E-state index contributed by atoms with van der Waals surface area (Å²) in [5.41, 5.74) is 0.533. The van der Waals surface area contributed by atoms with Gasteiger partial charge in [-0.3, -0.25) is 9.59 Å². The van der Waals surface area contributed by atoms with E-state index in [1.54, 1.807) is 14.0 Å². The molecule has 3 rings (SSSR count). The highest BCUT2D eigenvalue weighted by Gasteiger charge is 2.41. The molecule has 1 atom stereocenters. The van der Waals surface area contributed by atoms with Crippen molar-refractivity contribution in [1.82, 2.24) is 9.62 Å². The van der Waals surface area contributed by atoms with Crippen molar-refractivity contribution in [1.29, 1.82) is 0 Å². The molecule has 1 aliphatic rings. The van der Waals surface area contributed by atoms with Gasteiger partial charge in [0.05, 0.1) is 17.4 Å². The van der Waals surface area contributed by atoms with Crippen LogP contribution in [0, 0.1) is 5.41 Å². The largest absolute Gasteiger partial charge is 0.497 e. The molecule has 0 bridgehead atoms. The van der Waals surface area contributed by atoms with E-state index in [9.17, 15) is 18.0 Å². The molecular weight excluding hydrogens is 416 g/mol. The van der Waals surface area contributed by atoms with Crippen molar-refractivity contribution in [2.24, 2.45) is 5.41 Å². The Morgan fingerprint density at radius 2 is 1.87 bits per heavy atom. The summed E-state index contributed by atoms with van der Waals surface area (Å²) in [6.07, 6.45) is 1.19. The fourth-order valence-electron chi connectivity index (χ4n) is 3.77. The van der Waals surface area contributed by atoms with Crippen LogP contribution in [0.15, 0.2) is 53.4 Å². The van der Waals surface area contributed by atoms with Gasteiger partial charge in [-0.05, 0) is 56.5 Å². The monoisotopic (exact) mass is 444 g/mol. The Hall–Kier alpha value is -2.71. The molecule has 31 heavy (non-hydrogen) atoms. The standard InChI is InChI=1S/C23H28N2O5S/c1-17(26)19-8-10-21(11-9-19)31(28,29)25-13-5-12-23(2,16-25)22(27)24-15-18-6-4-7-20(14-18)30-3/h4,6-11,14H,5,12-13,15-16H2,1-3H3,(H,24,27)/t23-/m0/s1. The second-order valence-corrected chi connectivity index (χ2v) is 10.1. The van der Waals surface area contributed by atoms with E-state index >= 15 is 0 Å². The van der Waals surface area contributed by atoms with Crippen LogP contribution in [-0.4, -0.2) is 44.6 Å². The lowest BCUT2D eigenvalue weighted by molar-refractivity contribution is -0.132. The molecule has 166 valence electrons. The highest BCUT2D eigenvalue weighted by molar-refractivity contribution is 7.89. The normalized spacial score (nSPS) is 19.6. The number of piperidine rings is 1. The average molecular weight is 445 g/mol. The Kier molecular flexibility index (Phi) is 6.81. The number of nitrogens with zero attached hydrogens (tertiary/aromatic N) is 1. The van der Waals surface area contributed by atoms with Gasteiger partial charge in [0.1, 0.15) is 5.75 Å². The fourth-order valence-corrected chi connectivity index (χ4v) is 5.37. The lowest BCUT2D eigenvalue weighted by Crippen LogP contribution is -2.51. The molecule has 1 aliphatic heterocycles. The van der Waals surface area contributed by atoms with Crippen molar-refractivity contribution in [2.75, 3.05) is 20.2 Å². The minimum atomic E-state index is -3.76. The first-order valence-corrected chi connectivity index (χ1v) is 11.6. The van der Waals surface area contributed by atoms with Crippen LogP contribution in [0.1, 0.15) is 42.6 Å². The number of sulfonamides is 1. The second-order valence-electron chi connectivity index (χ2n) is 8.12. The zero-order chi connectivity index (χ0) is 22.6. The molecule has 1 amide bonds. The van der Waals surface area contributed by atoms with Crippen LogP contribution in [0.4, 0.5) is 0 Å². The molecule has 1 fully saturated rings. The summed E-state index contributed by atoms with van der Waals surface area (Å²) >= 11 is 0. The predicted molar refractivity (Wildman–Crippen MR) is 117 cm³/mol. The molecule has 0 saturated carbocycles. The molecule has 7 nitrogen and oxygen atoms in total. The van der Waals surface area contributed by atoms with Gasteiger partial charge in [-0.25, -0.2) is 8.42 Å². The van der Waals surface area contributed by atoms with Gasteiger partial charge in [-0.15, -0.1) is 0 Å². The Labute approximate surface area is 183 Å². The minimum Gasteiger partial charge on any atom is -0.497 e. The number of carbonyl (C=O) groups excluding carboxylic acids is 2. The number of hydrogen-bond acceptors (Lipinski definition) is 5. The summed E-state index contributed by atoms with van der Waals surface area (Å²) in [6, 6.07) is 13.4. The van der Waals surface area contributed by atoms with Gasteiger partial charge in [0.15, 0.2) is 5.78 Å². The number of Topliss-reactive ketones (excluding diaryl/α,β-unsaturated/α-hetero) is 1. The lowest BCUT2D eigenvalue weighted by atomic mass is 9.82. The molecule has 1 heterocycles. The number of benzene rings is 2. The first-order chi connectivity index (χ1) is 14.7.